The van der Waals surface area contributed by atoms with Crippen LogP contribution in [-0.4, -0.2) is 54.3 Å². The molecule has 8 heteroatoms. The van der Waals surface area contributed by atoms with Crippen molar-refractivity contribution in [2.75, 3.05) is 32.6 Å². The molecule has 1 atom stereocenters. The van der Waals surface area contributed by atoms with Crippen molar-refractivity contribution in [2.24, 2.45) is 0 Å². The van der Waals surface area contributed by atoms with Crippen molar-refractivity contribution in [3.05, 3.63) is 77.7 Å². The number of ether oxygens (including phenoxy) is 2. The van der Waals surface area contributed by atoms with E-state index in [2.05, 4.69) is 39.4 Å². The first-order valence-corrected chi connectivity index (χ1v) is 12.2. The fraction of sp³-hybridized carbons (Fsp3) is 0.276. The molecule has 0 fully saturated rings. The van der Waals surface area contributed by atoms with E-state index in [-0.39, 0.29) is 18.4 Å². The standard InChI is InChI=1S/C29H30N4O4/c1-18-13-22(29-30-19(2)37-32-29)9-11-25(18)21-7-5-20(6-8-21)14-28(34)31-23-10-12-26-27(15-23)36-24(17-35-26)16-33(3)4/h5-13,15,24H,14,16-17H2,1-4H3,(H,31,34). The minimum Gasteiger partial charge on any atom is -0.486 e. The second kappa shape index (κ2) is 10.4. The Balaban J connectivity index is 1.22. The first kappa shape index (κ1) is 24.5. The van der Waals surface area contributed by atoms with Gasteiger partial charge in [-0.25, -0.2) is 0 Å². The number of aryl methyl sites for hydroxylation is 2. The SMILES string of the molecule is Cc1nc(-c2ccc(-c3ccc(CC(=O)Nc4ccc5c(c4)OC(CN(C)C)CO5)cc3)c(C)c2)no1. The maximum absolute atomic E-state index is 12.7. The first-order valence-electron chi connectivity index (χ1n) is 12.2. The van der Waals surface area contributed by atoms with Crippen molar-refractivity contribution in [3.8, 4) is 34.0 Å². The van der Waals surface area contributed by atoms with Gasteiger partial charge in [0, 0.05) is 30.8 Å². The van der Waals surface area contributed by atoms with Crippen LogP contribution in [0.15, 0.2) is 65.2 Å². The molecule has 0 bridgehead atoms. The Labute approximate surface area is 216 Å². The van der Waals surface area contributed by atoms with E-state index in [0.717, 1.165) is 34.4 Å². The number of carbonyl (C=O) groups is 1. The summed E-state index contributed by atoms with van der Waals surface area (Å²) in [4.78, 5) is 19.1. The number of hydrogen-bond acceptors (Lipinski definition) is 7. The number of amides is 1. The molecule has 0 saturated carbocycles. The molecule has 8 nitrogen and oxygen atoms in total. The average molecular weight is 499 g/mol. The fourth-order valence-corrected chi connectivity index (χ4v) is 4.43. The molecule has 190 valence electrons. The largest absolute Gasteiger partial charge is 0.486 e. The molecule has 1 aliphatic heterocycles. The number of fused-ring (bicyclic) bond motifs is 1. The molecule has 2 heterocycles. The highest BCUT2D eigenvalue weighted by molar-refractivity contribution is 5.92. The predicted octanol–water partition coefficient (Wildman–Crippen LogP) is 4.90. The number of likely N-dealkylation sites (N-methyl/N-ethyl adjacent to an activating group) is 1. The highest BCUT2D eigenvalue weighted by Gasteiger charge is 2.22. The van der Waals surface area contributed by atoms with Crippen molar-refractivity contribution in [2.45, 2.75) is 26.4 Å². The Morgan fingerprint density at radius 2 is 1.78 bits per heavy atom. The molecular weight excluding hydrogens is 468 g/mol. The number of anilines is 1. The van der Waals surface area contributed by atoms with Crippen LogP contribution in [0.1, 0.15) is 17.0 Å². The molecule has 0 saturated heterocycles. The summed E-state index contributed by atoms with van der Waals surface area (Å²) in [7, 11) is 4.00. The van der Waals surface area contributed by atoms with Gasteiger partial charge in [-0.3, -0.25) is 4.79 Å². The molecule has 0 radical (unpaired) electrons. The molecule has 1 aromatic heterocycles. The van der Waals surface area contributed by atoms with Crippen molar-refractivity contribution < 1.29 is 18.8 Å². The topological polar surface area (TPSA) is 89.7 Å². The average Bonchev–Trinajstić information content (AvgIpc) is 3.30. The smallest absolute Gasteiger partial charge is 0.228 e. The molecule has 3 aromatic carbocycles. The van der Waals surface area contributed by atoms with Gasteiger partial charge in [-0.1, -0.05) is 41.6 Å². The van der Waals surface area contributed by atoms with Gasteiger partial charge in [-0.2, -0.15) is 4.98 Å². The molecule has 1 aliphatic rings. The highest BCUT2D eigenvalue weighted by Crippen LogP contribution is 2.34. The van der Waals surface area contributed by atoms with Gasteiger partial charge in [-0.05, 0) is 61.5 Å². The molecule has 4 aromatic rings. The summed E-state index contributed by atoms with van der Waals surface area (Å²) >= 11 is 0. The summed E-state index contributed by atoms with van der Waals surface area (Å²) in [6, 6.07) is 19.6. The summed E-state index contributed by atoms with van der Waals surface area (Å²) < 4.78 is 16.9. The van der Waals surface area contributed by atoms with E-state index in [9.17, 15) is 4.79 Å². The van der Waals surface area contributed by atoms with Crippen molar-refractivity contribution in [3.63, 3.8) is 0 Å². The summed E-state index contributed by atoms with van der Waals surface area (Å²) in [6.07, 6.45) is 0.225. The van der Waals surface area contributed by atoms with Crippen LogP contribution in [0.5, 0.6) is 11.5 Å². The quantitative estimate of drug-likeness (QED) is 0.387. The minimum atomic E-state index is -0.0924. The number of benzene rings is 3. The summed E-state index contributed by atoms with van der Waals surface area (Å²) in [5.74, 6) is 2.37. The van der Waals surface area contributed by atoms with Gasteiger partial charge in [0.2, 0.25) is 17.6 Å². The van der Waals surface area contributed by atoms with Crippen LogP contribution in [0.3, 0.4) is 0 Å². The van der Waals surface area contributed by atoms with Gasteiger partial charge in [0.05, 0.1) is 6.42 Å². The summed E-state index contributed by atoms with van der Waals surface area (Å²) in [6.45, 7) is 5.10. The zero-order valence-electron chi connectivity index (χ0n) is 21.4. The number of nitrogens with one attached hydrogen (secondary N) is 1. The van der Waals surface area contributed by atoms with Crippen LogP contribution in [0, 0.1) is 13.8 Å². The monoisotopic (exact) mass is 498 g/mol. The van der Waals surface area contributed by atoms with E-state index in [0.29, 0.717) is 35.5 Å². The van der Waals surface area contributed by atoms with Crippen LogP contribution in [0.25, 0.3) is 22.5 Å². The lowest BCUT2D eigenvalue weighted by Crippen LogP contribution is -2.38. The first-order chi connectivity index (χ1) is 17.8. The Kier molecular flexibility index (Phi) is 6.92. The van der Waals surface area contributed by atoms with E-state index in [1.165, 1.54) is 0 Å². The number of carbonyl (C=O) groups excluding carboxylic acids is 1. The third-order valence-electron chi connectivity index (χ3n) is 6.16. The van der Waals surface area contributed by atoms with Gasteiger partial charge in [0.15, 0.2) is 11.5 Å². The van der Waals surface area contributed by atoms with Crippen LogP contribution in [0.2, 0.25) is 0 Å². The zero-order valence-corrected chi connectivity index (χ0v) is 21.4. The second-order valence-corrected chi connectivity index (χ2v) is 9.56. The minimum absolute atomic E-state index is 0.0463. The number of nitrogens with zero attached hydrogens (tertiary/aromatic N) is 3. The zero-order chi connectivity index (χ0) is 25.9. The molecule has 0 aliphatic carbocycles. The van der Waals surface area contributed by atoms with Crippen LogP contribution >= 0.6 is 0 Å². The van der Waals surface area contributed by atoms with Crippen molar-refractivity contribution in [1.82, 2.24) is 15.0 Å². The Hall–Kier alpha value is -4.17. The molecule has 1 amide bonds. The van der Waals surface area contributed by atoms with E-state index in [1.54, 1.807) is 6.92 Å². The van der Waals surface area contributed by atoms with E-state index in [4.69, 9.17) is 14.0 Å². The third-order valence-corrected chi connectivity index (χ3v) is 6.16. The maximum atomic E-state index is 12.7. The summed E-state index contributed by atoms with van der Waals surface area (Å²) in [5.41, 5.74) is 5.83. The third kappa shape index (κ3) is 5.81. The molecule has 1 unspecified atom stereocenters. The van der Waals surface area contributed by atoms with Gasteiger partial charge in [0.1, 0.15) is 12.7 Å². The fourth-order valence-electron chi connectivity index (χ4n) is 4.43. The van der Waals surface area contributed by atoms with Crippen molar-refractivity contribution in [1.29, 1.82) is 0 Å². The Morgan fingerprint density at radius 1 is 1.00 bits per heavy atom. The lowest BCUT2D eigenvalue weighted by atomic mass is 9.97. The molecule has 0 spiro atoms. The maximum Gasteiger partial charge on any atom is 0.228 e. The molecular formula is C29H30N4O4. The molecule has 1 N–H and O–H groups in total. The lowest BCUT2D eigenvalue weighted by Gasteiger charge is -2.28. The van der Waals surface area contributed by atoms with Crippen LogP contribution < -0.4 is 14.8 Å². The number of hydrogen-bond donors (Lipinski definition) is 1. The second-order valence-electron chi connectivity index (χ2n) is 9.56. The lowest BCUT2D eigenvalue weighted by molar-refractivity contribution is -0.115. The summed E-state index contributed by atoms with van der Waals surface area (Å²) in [5, 5.41) is 6.96. The number of rotatable bonds is 7. The Bertz CT molecular complexity index is 1410. The van der Waals surface area contributed by atoms with Crippen LogP contribution in [-0.2, 0) is 11.2 Å². The van der Waals surface area contributed by atoms with E-state index in [1.807, 2.05) is 62.6 Å². The van der Waals surface area contributed by atoms with Gasteiger partial charge in [0.25, 0.3) is 0 Å². The predicted molar refractivity (Wildman–Crippen MR) is 142 cm³/mol. The molecule has 5 rings (SSSR count). The number of aromatic nitrogens is 2. The Morgan fingerprint density at radius 3 is 2.49 bits per heavy atom. The van der Waals surface area contributed by atoms with Crippen molar-refractivity contribution >= 4 is 11.6 Å². The highest BCUT2D eigenvalue weighted by atomic mass is 16.6. The van der Waals surface area contributed by atoms with Gasteiger partial charge >= 0.3 is 0 Å². The van der Waals surface area contributed by atoms with Crippen LogP contribution in [0.4, 0.5) is 5.69 Å². The van der Waals surface area contributed by atoms with E-state index < -0.39 is 0 Å². The van der Waals surface area contributed by atoms with Gasteiger partial charge in [-0.15, -0.1) is 0 Å². The van der Waals surface area contributed by atoms with Gasteiger partial charge < -0.3 is 24.2 Å². The normalized spacial score (nSPS) is 14.6. The van der Waals surface area contributed by atoms with E-state index >= 15 is 0 Å². The molecule has 37 heavy (non-hydrogen) atoms.